The summed E-state index contributed by atoms with van der Waals surface area (Å²) in [4.78, 5) is 37.6. The number of carbonyl (C=O) groups is 3. The number of halogens is 1. The van der Waals surface area contributed by atoms with E-state index in [0.29, 0.717) is 12.1 Å². The molecular formula is C18H16IN3O3. The van der Waals surface area contributed by atoms with Crippen LogP contribution in [0, 0.1) is 3.57 Å². The molecule has 2 N–H and O–H groups in total. The Morgan fingerprint density at radius 2 is 1.88 bits per heavy atom. The molecule has 1 atom stereocenters. The molecule has 0 radical (unpaired) electrons. The Labute approximate surface area is 158 Å². The van der Waals surface area contributed by atoms with Crippen molar-refractivity contribution in [3.63, 3.8) is 0 Å². The summed E-state index contributed by atoms with van der Waals surface area (Å²) < 4.78 is 0.980. The van der Waals surface area contributed by atoms with Gasteiger partial charge in [0.15, 0.2) is 0 Å². The fourth-order valence-electron chi connectivity index (χ4n) is 2.63. The average Bonchev–Trinajstić information content (AvgIpc) is 2.83. The molecular weight excluding hydrogens is 433 g/mol. The van der Waals surface area contributed by atoms with Gasteiger partial charge in [-0.1, -0.05) is 36.4 Å². The van der Waals surface area contributed by atoms with E-state index in [2.05, 4.69) is 33.2 Å². The van der Waals surface area contributed by atoms with Crippen molar-refractivity contribution in [1.82, 2.24) is 10.2 Å². The molecule has 1 aliphatic heterocycles. The minimum Gasteiger partial charge on any atom is -0.325 e. The Balaban J connectivity index is 1.61. The molecule has 0 aliphatic carbocycles. The van der Waals surface area contributed by atoms with Crippen molar-refractivity contribution < 1.29 is 14.4 Å². The first-order chi connectivity index (χ1) is 12.0. The predicted octanol–water partition coefficient (Wildman–Crippen LogP) is 2.39. The monoisotopic (exact) mass is 449 g/mol. The number of amides is 4. The van der Waals surface area contributed by atoms with Crippen LogP contribution in [0.3, 0.4) is 0 Å². The van der Waals surface area contributed by atoms with Crippen LogP contribution < -0.4 is 10.6 Å². The predicted molar refractivity (Wildman–Crippen MR) is 102 cm³/mol. The van der Waals surface area contributed by atoms with Crippen LogP contribution in [0.1, 0.15) is 5.56 Å². The van der Waals surface area contributed by atoms with Gasteiger partial charge in [-0.25, -0.2) is 4.79 Å². The Bertz CT molecular complexity index is 810. The maximum Gasteiger partial charge on any atom is 0.325 e. The lowest BCUT2D eigenvalue weighted by Gasteiger charge is -2.13. The highest BCUT2D eigenvalue weighted by Crippen LogP contribution is 2.14. The molecule has 1 fully saturated rings. The van der Waals surface area contributed by atoms with Gasteiger partial charge in [0.2, 0.25) is 5.91 Å². The molecule has 1 saturated heterocycles. The highest BCUT2D eigenvalue weighted by molar-refractivity contribution is 14.1. The van der Waals surface area contributed by atoms with Gasteiger partial charge in [0.05, 0.1) is 0 Å². The lowest BCUT2D eigenvalue weighted by atomic mass is 10.1. The van der Waals surface area contributed by atoms with Crippen LogP contribution in [0.5, 0.6) is 0 Å². The summed E-state index contributed by atoms with van der Waals surface area (Å²) in [6.45, 7) is -0.304. The van der Waals surface area contributed by atoms with Gasteiger partial charge in [-0.3, -0.25) is 14.5 Å². The van der Waals surface area contributed by atoms with E-state index in [9.17, 15) is 14.4 Å². The number of hydrogen-bond donors (Lipinski definition) is 2. The molecule has 25 heavy (non-hydrogen) atoms. The topological polar surface area (TPSA) is 78.5 Å². The fraction of sp³-hybridized carbons (Fsp3) is 0.167. The van der Waals surface area contributed by atoms with E-state index < -0.39 is 18.0 Å². The van der Waals surface area contributed by atoms with Crippen LogP contribution >= 0.6 is 22.6 Å². The highest BCUT2D eigenvalue weighted by Gasteiger charge is 2.38. The fourth-order valence-corrected chi connectivity index (χ4v) is 3.17. The van der Waals surface area contributed by atoms with Gasteiger partial charge in [-0.2, -0.15) is 0 Å². The molecule has 1 heterocycles. The van der Waals surface area contributed by atoms with Gasteiger partial charge in [-0.05, 0) is 46.4 Å². The number of anilines is 1. The largest absolute Gasteiger partial charge is 0.325 e. The second-order valence-electron chi connectivity index (χ2n) is 5.67. The number of nitrogens with one attached hydrogen (secondary N) is 2. The Kier molecular flexibility index (Phi) is 5.32. The first-order valence-corrected chi connectivity index (χ1v) is 8.82. The molecule has 7 heteroatoms. The molecule has 128 valence electrons. The number of nitrogens with zero attached hydrogens (tertiary/aromatic N) is 1. The van der Waals surface area contributed by atoms with Crippen LogP contribution in [0.2, 0.25) is 0 Å². The van der Waals surface area contributed by atoms with Gasteiger partial charge in [0.1, 0.15) is 12.6 Å². The molecule has 0 aromatic heterocycles. The number of benzene rings is 2. The normalized spacial score (nSPS) is 16.7. The minimum atomic E-state index is -0.639. The highest BCUT2D eigenvalue weighted by atomic mass is 127. The maximum absolute atomic E-state index is 12.4. The van der Waals surface area contributed by atoms with Crippen molar-refractivity contribution in [3.8, 4) is 0 Å². The van der Waals surface area contributed by atoms with E-state index in [1.165, 1.54) is 0 Å². The summed E-state index contributed by atoms with van der Waals surface area (Å²) in [5.74, 6) is -0.794. The van der Waals surface area contributed by atoms with Crippen molar-refractivity contribution in [1.29, 1.82) is 0 Å². The van der Waals surface area contributed by atoms with E-state index in [4.69, 9.17) is 0 Å². The van der Waals surface area contributed by atoms with Crippen LogP contribution in [0.15, 0.2) is 54.6 Å². The molecule has 2 aromatic carbocycles. The number of imide groups is 1. The molecule has 2 aromatic rings. The SMILES string of the molecule is O=C(CN1C(=O)NC(Cc2ccccc2)C1=O)Nc1cccc(I)c1. The van der Waals surface area contributed by atoms with Crippen molar-refractivity contribution in [2.45, 2.75) is 12.5 Å². The van der Waals surface area contributed by atoms with Crippen molar-refractivity contribution in [3.05, 3.63) is 63.7 Å². The molecule has 0 saturated carbocycles. The summed E-state index contributed by atoms with van der Waals surface area (Å²) >= 11 is 2.14. The van der Waals surface area contributed by atoms with E-state index in [-0.39, 0.29) is 12.5 Å². The maximum atomic E-state index is 12.4. The number of hydrogen-bond acceptors (Lipinski definition) is 3. The zero-order chi connectivity index (χ0) is 17.8. The standard InChI is InChI=1S/C18H16IN3O3/c19-13-7-4-8-14(10-13)20-16(23)11-22-17(24)15(21-18(22)25)9-12-5-2-1-3-6-12/h1-8,10,15H,9,11H2,(H,20,23)(H,21,25). The third-order valence-corrected chi connectivity index (χ3v) is 4.47. The van der Waals surface area contributed by atoms with Crippen molar-refractivity contribution in [2.24, 2.45) is 0 Å². The first-order valence-electron chi connectivity index (χ1n) is 7.74. The average molecular weight is 449 g/mol. The van der Waals surface area contributed by atoms with Crippen LogP contribution in [-0.2, 0) is 16.0 Å². The smallest absolute Gasteiger partial charge is 0.325 e. The Morgan fingerprint density at radius 3 is 2.60 bits per heavy atom. The Morgan fingerprint density at radius 1 is 1.12 bits per heavy atom. The number of urea groups is 1. The number of carbonyl (C=O) groups excluding carboxylic acids is 3. The second-order valence-corrected chi connectivity index (χ2v) is 6.92. The molecule has 1 unspecified atom stereocenters. The summed E-state index contributed by atoms with van der Waals surface area (Å²) in [5.41, 5.74) is 1.58. The van der Waals surface area contributed by atoms with Gasteiger partial charge < -0.3 is 10.6 Å². The zero-order valence-corrected chi connectivity index (χ0v) is 15.4. The summed E-state index contributed by atoms with van der Waals surface area (Å²) in [6, 6.07) is 15.5. The summed E-state index contributed by atoms with van der Waals surface area (Å²) in [5, 5.41) is 5.33. The Hall–Kier alpha value is -2.42. The van der Waals surface area contributed by atoms with Crippen LogP contribution in [-0.4, -0.2) is 35.3 Å². The lowest BCUT2D eigenvalue weighted by molar-refractivity contribution is -0.130. The zero-order valence-electron chi connectivity index (χ0n) is 13.2. The van der Waals surface area contributed by atoms with E-state index in [0.717, 1.165) is 14.0 Å². The summed E-state index contributed by atoms with van der Waals surface area (Å²) in [6.07, 6.45) is 0.403. The molecule has 3 rings (SSSR count). The van der Waals surface area contributed by atoms with Crippen molar-refractivity contribution >= 4 is 46.1 Å². The second kappa shape index (κ2) is 7.64. The van der Waals surface area contributed by atoms with Crippen LogP contribution in [0.25, 0.3) is 0 Å². The van der Waals surface area contributed by atoms with Crippen LogP contribution in [0.4, 0.5) is 10.5 Å². The molecule has 1 aliphatic rings. The van der Waals surface area contributed by atoms with Gasteiger partial charge in [0, 0.05) is 15.7 Å². The molecule has 0 bridgehead atoms. The third-order valence-electron chi connectivity index (χ3n) is 3.80. The summed E-state index contributed by atoms with van der Waals surface area (Å²) in [7, 11) is 0. The molecule has 6 nitrogen and oxygen atoms in total. The third kappa shape index (κ3) is 4.36. The van der Waals surface area contributed by atoms with E-state index in [1.807, 2.05) is 48.5 Å². The van der Waals surface area contributed by atoms with Gasteiger partial charge >= 0.3 is 6.03 Å². The lowest BCUT2D eigenvalue weighted by Crippen LogP contribution is -2.38. The van der Waals surface area contributed by atoms with E-state index >= 15 is 0 Å². The van der Waals surface area contributed by atoms with Gasteiger partial charge in [-0.15, -0.1) is 0 Å². The number of rotatable bonds is 5. The van der Waals surface area contributed by atoms with Gasteiger partial charge in [0.25, 0.3) is 5.91 Å². The molecule has 4 amide bonds. The first kappa shape index (κ1) is 17.4. The van der Waals surface area contributed by atoms with E-state index in [1.54, 1.807) is 6.07 Å². The quantitative estimate of drug-likeness (QED) is 0.544. The molecule has 0 spiro atoms. The van der Waals surface area contributed by atoms with Crippen molar-refractivity contribution in [2.75, 3.05) is 11.9 Å². The minimum absolute atomic E-state index is 0.304.